The molecule has 0 aliphatic heterocycles. The highest BCUT2D eigenvalue weighted by Crippen LogP contribution is 2.31. The number of methoxy groups -OCH3 is 1. The van der Waals surface area contributed by atoms with Crippen LogP contribution < -0.4 is 5.69 Å². The van der Waals surface area contributed by atoms with Gasteiger partial charge >= 0.3 is 11.7 Å². The Morgan fingerprint density at radius 2 is 2.18 bits per heavy atom. The van der Waals surface area contributed by atoms with Crippen LogP contribution in [-0.4, -0.2) is 22.6 Å². The first kappa shape index (κ1) is 19.0. The summed E-state index contributed by atoms with van der Waals surface area (Å²) in [7, 11) is 1.32. The first-order chi connectivity index (χ1) is 13.7. The highest BCUT2D eigenvalue weighted by Gasteiger charge is 2.21. The number of furan rings is 1. The molecule has 4 rings (SSSR count). The Morgan fingerprint density at radius 1 is 1.32 bits per heavy atom. The molecule has 3 heterocycles. The smallest absolute Gasteiger partial charge is 0.373 e. The number of carbonyl (C=O) groups excluding carboxylic acids is 1. The maximum absolute atomic E-state index is 12.7. The van der Waals surface area contributed by atoms with Gasteiger partial charge in [0.1, 0.15) is 10.8 Å². The molecule has 0 atom stereocenters. The monoisotopic (exact) mass is 416 g/mol. The molecular formula is C20H20N2O4S2. The number of rotatable bonds is 6. The van der Waals surface area contributed by atoms with Crippen LogP contribution in [0.4, 0.5) is 0 Å². The van der Waals surface area contributed by atoms with Crippen molar-refractivity contribution >= 4 is 29.1 Å². The summed E-state index contributed by atoms with van der Waals surface area (Å²) in [5.74, 6) is 0.840. The lowest BCUT2D eigenvalue weighted by Crippen LogP contribution is -2.30. The Kier molecular flexibility index (Phi) is 5.68. The van der Waals surface area contributed by atoms with Crippen LogP contribution in [0.1, 0.15) is 45.3 Å². The van der Waals surface area contributed by atoms with Crippen molar-refractivity contribution in [2.24, 2.45) is 0 Å². The first-order valence-electron chi connectivity index (χ1n) is 9.10. The van der Waals surface area contributed by atoms with Crippen molar-refractivity contribution in [2.45, 2.75) is 43.0 Å². The van der Waals surface area contributed by atoms with Gasteiger partial charge in [-0.15, -0.1) is 11.3 Å². The van der Waals surface area contributed by atoms with Crippen molar-refractivity contribution in [3.8, 4) is 0 Å². The van der Waals surface area contributed by atoms with E-state index in [9.17, 15) is 9.59 Å². The number of nitrogens with zero attached hydrogens (tertiary/aromatic N) is 2. The van der Waals surface area contributed by atoms with E-state index in [2.05, 4.69) is 9.72 Å². The molecule has 0 N–H and O–H groups in total. The maximum atomic E-state index is 12.7. The van der Waals surface area contributed by atoms with Gasteiger partial charge < -0.3 is 9.15 Å². The Balaban J connectivity index is 1.59. The standard InChI is InChI=1S/C20H20N2O4S2/c1-25-19(23)17-9-8-13(26-17)12-28-18-15-6-2-3-7-16(15)22(20(24)21-18)11-14-5-4-10-27-14/h4-5,8-10H,2-3,6-7,11-12H2,1H3. The molecule has 0 unspecified atom stereocenters. The predicted octanol–water partition coefficient (Wildman–Crippen LogP) is 3.90. The number of aromatic nitrogens is 2. The fourth-order valence-electron chi connectivity index (χ4n) is 3.39. The van der Waals surface area contributed by atoms with Crippen molar-refractivity contribution in [3.05, 3.63) is 67.8 Å². The number of esters is 1. The number of hydrogen-bond donors (Lipinski definition) is 0. The summed E-state index contributed by atoms with van der Waals surface area (Å²) in [6.07, 6.45) is 4.03. The molecule has 0 fully saturated rings. The first-order valence-corrected chi connectivity index (χ1v) is 11.0. The summed E-state index contributed by atoms with van der Waals surface area (Å²) >= 11 is 3.14. The van der Waals surface area contributed by atoms with Crippen molar-refractivity contribution in [2.75, 3.05) is 7.11 Å². The number of ether oxygens (including phenoxy) is 1. The van der Waals surface area contributed by atoms with Crippen molar-refractivity contribution < 1.29 is 13.9 Å². The van der Waals surface area contributed by atoms with Crippen LogP contribution in [0.5, 0.6) is 0 Å². The number of carbonyl (C=O) groups is 1. The minimum atomic E-state index is -0.497. The average molecular weight is 417 g/mol. The Bertz CT molecular complexity index is 1040. The third kappa shape index (κ3) is 3.93. The van der Waals surface area contributed by atoms with E-state index < -0.39 is 5.97 Å². The molecule has 6 nitrogen and oxygen atoms in total. The van der Waals surface area contributed by atoms with Gasteiger partial charge in [0.15, 0.2) is 0 Å². The number of thioether (sulfide) groups is 1. The zero-order valence-electron chi connectivity index (χ0n) is 15.5. The molecule has 0 bridgehead atoms. The molecule has 0 radical (unpaired) electrons. The summed E-state index contributed by atoms with van der Waals surface area (Å²) in [4.78, 5) is 29.8. The van der Waals surface area contributed by atoms with Crippen molar-refractivity contribution in [3.63, 3.8) is 0 Å². The minimum Gasteiger partial charge on any atom is -0.463 e. The van der Waals surface area contributed by atoms with Gasteiger partial charge in [0.25, 0.3) is 0 Å². The lowest BCUT2D eigenvalue weighted by atomic mass is 9.97. The third-order valence-electron chi connectivity index (χ3n) is 4.74. The second kappa shape index (κ2) is 8.36. The maximum Gasteiger partial charge on any atom is 0.373 e. The molecular weight excluding hydrogens is 396 g/mol. The van der Waals surface area contributed by atoms with E-state index in [0.29, 0.717) is 18.1 Å². The van der Waals surface area contributed by atoms with E-state index in [4.69, 9.17) is 4.42 Å². The largest absolute Gasteiger partial charge is 0.463 e. The van der Waals surface area contributed by atoms with Crippen LogP contribution in [0.3, 0.4) is 0 Å². The molecule has 0 saturated carbocycles. The van der Waals surface area contributed by atoms with Gasteiger partial charge in [-0.1, -0.05) is 17.8 Å². The molecule has 1 aliphatic rings. The normalized spacial score (nSPS) is 13.3. The van der Waals surface area contributed by atoms with Crippen molar-refractivity contribution in [1.82, 2.24) is 9.55 Å². The van der Waals surface area contributed by atoms with Gasteiger partial charge in [-0.05, 0) is 49.3 Å². The molecule has 1 aliphatic carbocycles. The van der Waals surface area contributed by atoms with Gasteiger partial charge in [0.05, 0.1) is 19.4 Å². The van der Waals surface area contributed by atoms with E-state index >= 15 is 0 Å². The summed E-state index contributed by atoms with van der Waals surface area (Å²) in [5.41, 5.74) is 2.08. The summed E-state index contributed by atoms with van der Waals surface area (Å²) in [6, 6.07) is 7.40. The molecule has 0 spiro atoms. The van der Waals surface area contributed by atoms with E-state index in [-0.39, 0.29) is 11.4 Å². The zero-order chi connectivity index (χ0) is 19.5. The van der Waals surface area contributed by atoms with Gasteiger partial charge in [0.2, 0.25) is 5.76 Å². The fraction of sp³-hybridized carbons (Fsp3) is 0.350. The van der Waals surface area contributed by atoms with Crippen LogP contribution in [0.2, 0.25) is 0 Å². The number of hydrogen-bond acceptors (Lipinski definition) is 7. The topological polar surface area (TPSA) is 74.3 Å². The van der Waals surface area contributed by atoms with Crippen LogP contribution in [0.25, 0.3) is 0 Å². The van der Waals surface area contributed by atoms with Gasteiger partial charge in [-0.25, -0.2) is 9.59 Å². The minimum absolute atomic E-state index is 0.180. The molecule has 8 heteroatoms. The van der Waals surface area contributed by atoms with E-state index in [0.717, 1.165) is 41.3 Å². The molecule has 3 aromatic heterocycles. The summed E-state index contributed by atoms with van der Waals surface area (Å²) < 4.78 is 12.0. The Hall–Kier alpha value is -2.32. The highest BCUT2D eigenvalue weighted by atomic mass is 32.2. The molecule has 146 valence electrons. The fourth-order valence-corrected chi connectivity index (χ4v) is 5.06. The van der Waals surface area contributed by atoms with Crippen LogP contribution >= 0.6 is 23.1 Å². The van der Waals surface area contributed by atoms with Crippen LogP contribution in [0.15, 0.2) is 43.9 Å². The third-order valence-corrected chi connectivity index (χ3v) is 6.65. The quantitative estimate of drug-likeness (QED) is 0.345. The zero-order valence-corrected chi connectivity index (χ0v) is 17.1. The average Bonchev–Trinajstić information content (AvgIpc) is 3.40. The number of thiophene rings is 1. The summed E-state index contributed by atoms with van der Waals surface area (Å²) in [5, 5.41) is 2.80. The van der Waals surface area contributed by atoms with Crippen LogP contribution in [0, 0.1) is 0 Å². The van der Waals surface area contributed by atoms with E-state index in [1.54, 1.807) is 23.5 Å². The SMILES string of the molecule is COC(=O)c1ccc(CSc2nc(=O)n(Cc3cccs3)c3c2CCCC3)o1. The van der Waals surface area contributed by atoms with Crippen LogP contribution in [-0.2, 0) is 29.9 Å². The van der Waals surface area contributed by atoms with Gasteiger partial charge in [0, 0.05) is 16.1 Å². The van der Waals surface area contributed by atoms with E-state index in [1.165, 1.54) is 24.4 Å². The van der Waals surface area contributed by atoms with Gasteiger partial charge in [-0.3, -0.25) is 4.57 Å². The number of fused-ring (bicyclic) bond motifs is 1. The second-order valence-corrected chi connectivity index (χ2v) is 8.54. The lowest BCUT2D eigenvalue weighted by Gasteiger charge is -2.22. The second-order valence-electron chi connectivity index (χ2n) is 6.54. The Morgan fingerprint density at radius 3 is 2.96 bits per heavy atom. The molecule has 0 amide bonds. The van der Waals surface area contributed by atoms with Crippen molar-refractivity contribution in [1.29, 1.82) is 0 Å². The Labute approximate surface area is 170 Å². The predicted molar refractivity (Wildman–Crippen MR) is 108 cm³/mol. The van der Waals surface area contributed by atoms with Gasteiger partial charge in [-0.2, -0.15) is 4.98 Å². The molecule has 0 saturated heterocycles. The van der Waals surface area contributed by atoms with E-state index in [1.807, 2.05) is 22.1 Å². The lowest BCUT2D eigenvalue weighted by molar-refractivity contribution is 0.0563. The molecule has 28 heavy (non-hydrogen) atoms. The highest BCUT2D eigenvalue weighted by molar-refractivity contribution is 7.98. The summed E-state index contributed by atoms with van der Waals surface area (Å²) in [6.45, 7) is 0.581. The molecule has 3 aromatic rings. The molecule has 0 aromatic carbocycles.